The van der Waals surface area contributed by atoms with Crippen LogP contribution in [0.2, 0.25) is 0 Å². The number of anilines is 1. The molecule has 1 aromatic carbocycles. The zero-order chi connectivity index (χ0) is 20.0. The van der Waals surface area contributed by atoms with Gasteiger partial charge >= 0.3 is 0 Å². The van der Waals surface area contributed by atoms with Crippen molar-refractivity contribution < 1.29 is 4.74 Å². The van der Waals surface area contributed by atoms with Gasteiger partial charge in [0.15, 0.2) is 11.1 Å². The van der Waals surface area contributed by atoms with Crippen molar-refractivity contribution in [3.05, 3.63) is 40.9 Å². The van der Waals surface area contributed by atoms with Crippen molar-refractivity contribution in [2.75, 3.05) is 39.7 Å². The summed E-state index contributed by atoms with van der Waals surface area (Å²) in [4.78, 5) is 11.0. The molecule has 0 radical (unpaired) electrons. The van der Waals surface area contributed by atoms with Crippen LogP contribution in [-0.4, -0.2) is 45.7 Å². The third kappa shape index (κ3) is 4.76. The predicted molar refractivity (Wildman–Crippen MR) is 118 cm³/mol. The fourth-order valence-corrected chi connectivity index (χ4v) is 4.56. The van der Waals surface area contributed by atoms with E-state index in [0.717, 1.165) is 29.1 Å². The average molecular weight is 402 g/mol. The van der Waals surface area contributed by atoms with Crippen LogP contribution in [0.4, 0.5) is 5.13 Å². The van der Waals surface area contributed by atoms with Gasteiger partial charge in [-0.2, -0.15) is 0 Å². The van der Waals surface area contributed by atoms with Crippen LogP contribution in [0.3, 0.4) is 0 Å². The summed E-state index contributed by atoms with van der Waals surface area (Å²) in [6, 6.07) is 8.51. The van der Waals surface area contributed by atoms with Gasteiger partial charge in [0.1, 0.15) is 5.75 Å². The number of hydrogen-bond donors (Lipinski definition) is 2. The molecule has 1 aliphatic rings. The minimum Gasteiger partial charge on any atom is -0.497 e. The lowest BCUT2D eigenvalue weighted by Crippen LogP contribution is -2.44. The first-order valence-electron chi connectivity index (χ1n) is 9.77. The molecule has 1 aliphatic carbocycles. The number of methoxy groups -OCH3 is 1. The van der Waals surface area contributed by atoms with E-state index in [-0.39, 0.29) is 5.41 Å². The van der Waals surface area contributed by atoms with Crippen LogP contribution < -0.4 is 20.3 Å². The molecule has 0 bridgehead atoms. The van der Waals surface area contributed by atoms with Gasteiger partial charge in [0.2, 0.25) is 0 Å². The van der Waals surface area contributed by atoms with E-state index in [0.29, 0.717) is 6.54 Å². The van der Waals surface area contributed by atoms with Gasteiger partial charge in [-0.25, -0.2) is 4.98 Å². The van der Waals surface area contributed by atoms with E-state index in [1.807, 2.05) is 32.1 Å². The molecule has 0 aliphatic heterocycles. The van der Waals surface area contributed by atoms with E-state index in [1.165, 1.54) is 31.2 Å². The van der Waals surface area contributed by atoms with Crippen LogP contribution in [0.5, 0.6) is 5.75 Å². The number of benzene rings is 1. The molecule has 152 valence electrons. The largest absolute Gasteiger partial charge is 0.497 e. The SMILES string of the molecule is CN=C(NCc1csc(N(C)C)n1)NCC1(c2cccc(OC)c2)CCCC1. The maximum Gasteiger partial charge on any atom is 0.191 e. The molecule has 0 spiro atoms. The number of thiazole rings is 1. The predicted octanol–water partition coefficient (Wildman–Crippen LogP) is 3.39. The summed E-state index contributed by atoms with van der Waals surface area (Å²) in [6.45, 7) is 1.52. The molecule has 1 saturated carbocycles. The first-order chi connectivity index (χ1) is 13.6. The molecule has 1 aromatic heterocycles. The zero-order valence-corrected chi connectivity index (χ0v) is 18.1. The summed E-state index contributed by atoms with van der Waals surface area (Å²) in [5.41, 5.74) is 2.51. The number of hydrogen-bond acceptors (Lipinski definition) is 5. The smallest absolute Gasteiger partial charge is 0.191 e. The normalized spacial score (nSPS) is 16.1. The average Bonchev–Trinajstić information content (AvgIpc) is 3.39. The molecule has 2 aromatic rings. The first kappa shape index (κ1) is 20.5. The lowest BCUT2D eigenvalue weighted by atomic mass is 9.78. The monoisotopic (exact) mass is 401 g/mol. The zero-order valence-electron chi connectivity index (χ0n) is 17.3. The van der Waals surface area contributed by atoms with E-state index in [2.05, 4.69) is 44.2 Å². The van der Waals surface area contributed by atoms with Crippen molar-refractivity contribution in [1.29, 1.82) is 0 Å². The van der Waals surface area contributed by atoms with Gasteiger partial charge in [-0.1, -0.05) is 25.0 Å². The Balaban J connectivity index is 1.63. The Morgan fingerprint density at radius 3 is 2.71 bits per heavy atom. The van der Waals surface area contributed by atoms with E-state index in [9.17, 15) is 0 Å². The first-order valence-corrected chi connectivity index (χ1v) is 10.6. The Bertz CT molecular complexity index is 796. The van der Waals surface area contributed by atoms with Gasteiger partial charge in [-0.15, -0.1) is 11.3 Å². The number of nitrogens with zero attached hydrogens (tertiary/aromatic N) is 3. The molecule has 0 saturated heterocycles. The molecule has 3 rings (SSSR count). The number of rotatable bonds is 7. The van der Waals surface area contributed by atoms with Crippen LogP contribution in [0.1, 0.15) is 36.9 Å². The Kier molecular flexibility index (Phi) is 6.78. The van der Waals surface area contributed by atoms with Crippen LogP contribution in [-0.2, 0) is 12.0 Å². The van der Waals surface area contributed by atoms with Crippen molar-refractivity contribution >= 4 is 22.4 Å². The summed E-state index contributed by atoms with van der Waals surface area (Å²) in [5, 5.41) is 10.0. The summed E-state index contributed by atoms with van der Waals surface area (Å²) in [7, 11) is 7.56. The molecule has 6 nitrogen and oxygen atoms in total. The van der Waals surface area contributed by atoms with E-state index < -0.39 is 0 Å². The Hall–Kier alpha value is -2.28. The molecule has 1 heterocycles. The second-order valence-corrected chi connectivity index (χ2v) is 8.35. The molecule has 0 unspecified atom stereocenters. The van der Waals surface area contributed by atoms with Crippen molar-refractivity contribution in [2.24, 2.45) is 4.99 Å². The molecular formula is C21H31N5OS. The van der Waals surface area contributed by atoms with Gasteiger partial charge in [0.25, 0.3) is 0 Å². The van der Waals surface area contributed by atoms with Crippen molar-refractivity contribution in [2.45, 2.75) is 37.6 Å². The van der Waals surface area contributed by atoms with Crippen molar-refractivity contribution in [3.8, 4) is 5.75 Å². The third-order valence-electron chi connectivity index (χ3n) is 5.42. The topological polar surface area (TPSA) is 61.8 Å². The standard InChI is InChI=1S/C21H31N5OS/c1-22-19(23-13-17-14-28-20(25-17)26(2)3)24-15-21(10-5-6-11-21)16-8-7-9-18(12-16)27-4/h7-9,12,14H,5-6,10-11,13,15H2,1-4H3,(H2,22,23,24). The highest BCUT2D eigenvalue weighted by molar-refractivity contribution is 7.13. The van der Waals surface area contributed by atoms with Gasteiger partial charge in [0.05, 0.1) is 19.3 Å². The fourth-order valence-electron chi connectivity index (χ4n) is 3.80. The highest BCUT2D eigenvalue weighted by atomic mass is 32.1. The lowest BCUT2D eigenvalue weighted by Gasteiger charge is -2.31. The molecule has 28 heavy (non-hydrogen) atoms. The minimum atomic E-state index is 0.130. The summed E-state index contributed by atoms with van der Waals surface area (Å²) >= 11 is 1.65. The Morgan fingerprint density at radius 1 is 1.29 bits per heavy atom. The molecular weight excluding hydrogens is 370 g/mol. The number of nitrogens with one attached hydrogen (secondary N) is 2. The van der Waals surface area contributed by atoms with Crippen LogP contribution >= 0.6 is 11.3 Å². The molecule has 2 N–H and O–H groups in total. The van der Waals surface area contributed by atoms with Crippen LogP contribution in [0.15, 0.2) is 34.6 Å². The van der Waals surface area contributed by atoms with Gasteiger partial charge in [-0.05, 0) is 30.5 Å². The fraction of sp³-hybridized carbons (Fsp3) is 0.524. The van der Waals surface area contributed by atoms with Gasteiger partial charge in [-0.3, -0.25) is 4.99 Å². The van der Waals surface area contributed by atoms with Gasteiger partial charge < -0.3 is 20.3 Å². The van der Waals surface area contributed by atoms with Crippen molar-refractivity contribution in [3.63, 3.8) is 0 Å². The molecule has 1 fully saturated rings. The minimum absolute atomic E-state index is 0.130. The van der Waals surface area contributed by atoms with E-state index in [4.69, 9.17) is 4.74 Å². The summed E-state index contributed by atoms with van der Waals surface area (Å²) < 4.78 is 5.45. The molecule has 7 heteroatoms. The summed E-state index contributed by atoms with van der Waals surface area (Å²) in [5.74, 6) is 1.74. The lowest BCUT2D eigenvalue weighted by molar-refractivity contribution is 0.404. The Morgan fingerprint density at radius 2 is 2.07 bits per heavy atom. The second kappa shape index (κ2) is 9.28. The molecule has 0 amide bonds. The highest BCUT2D eigenvalue weighted by Crippen LogP contribution is 2.41. The van der Waals surface area contributed by atoms with Crippen LogP contribution in [0, 0.1) is 0 Å². The third-order valence-corrected chi connectivity index (χ3v) is 6.48. The maximum atomic E-state index is 5.45. The van der Waals surface area contributed by atoms with Crippen LogP contribution in [0.25, 0.3) is 0 Å². The molecule has 0 atom stereocenters. The Labute approximate surface area is 172 Å². The number of aliphatic imine (C=N–C) groups is 1. The van der Waals surface area contributed by atoms with Crippen molar-refractivity contribution in [1.82, 2.24) is 15.6 Å². The number of guanidine groups is 1. The highest BCUT2D eigenvalue weighted by Gasteiger charge is 2.36. The second-order valence-electron chi connectivity index (χ2n) is 7.51. The van der Waals surface area contributed by atoms with E-state index >= 15 is 0 Å². The van der Waals surface area contributed by atoms with Gasteiger partial charge in [0, 0.05) is 38.5 Å². The maximum absolute atomic E-state index is 5.45. The quantitative estimate of drug-likeness (QED) is 0.550. The number of aromatic nitrogens is 1. The van der Waals surface area contributed by atoms with E-state index in [1.54, 1.807) is 18.4 Å². The summed E-state index contributed by atoms with van der Waals surface area (Å²) in [6.07, 6.45) is 4.89. The number of ether oxygens (including phenoxy) is 1.